The molecule has 2 fully saturated rings. The summed E-state index contributed by atoms with van der Waals surface area (Å²) in [7, 11) is 1.68. The number of nitrogens with zero attached hydrogens (tertiary/aromatic N) is 2. The van der Waals surface area contributed by atoms with Gasteiger partial charge in [-0.2, -0.15) is 0 Å². The minimum absolute atomic E-state index is 0. The lowest BCUT2D eigenvalue weighted by molar-refractivity contribution is -0.385. The number of nitro benzene ring substituents is 1. The minimum atomic E-state index is -0.844. The molecule has 0 saturated carbocycles. The van der Waals surface area contributed by atoms with Crippen LogP contribution < -0.4 is 5.32 Å². The SMILES string of the molecule is CN(C(=O)c1ccc([N+](=O)[O-])cc1F)C1CC2CCC(C1)N2.Cl. The second kappa shape index (κ2) is 6.80. The molecule has 2 aliphatic rings. The summed E-state index contributed by atoms with van der Waals surface area (Å²) in [6.07, 6.45) is 3.98. The first kappa shape index (κ1) is 17.6. The number of rotatable bonds is 3. The number of nitro groups is 1. The van der Waals surface area contributed by atoms with E-state index in [0.29, 0.717) is 12.1 Å². The van der Waals surface area contributed by atoms with Crippen LogP contribution in [0, 0.1) is 15.9 Å². The molecule has 2 saturated heterocycles. The Labute approximate surface area is 139 Å². The number of benzene rings is 1. The van der Waals surface area contributed by atoms with Gasteiger partial charge >= 0.3 is 0 Å². The van der Waals surface area contributed by atoms with E-state index in [1.807, 2.05) is 0 Å². The third-order valence-corrected chi connectivity index (χ3v) is 4.71. The van der Waals surface area contributed by atoms with Gasteiger partial charge in [0.15, 0.2) is 0 Å². The fourth-order valence-corrected chi connectivity index (χ4v) is 3.49. The highest BCUT2D eigenvalue weighted by atomic mass is 35.5. The number of amides is 1. The quantitative estimate of drug-likeness (QED) is 0.676. The summed E-state index contributed by atoms with van der Waals surface area (Å²) in [5.41, 5.74) is -0.462. The van der Waals surface area contributed by atoms with Gasteiger partial charge in [0.25, 0.3) is 11.6 Å². The van der Waals surface area contributed by atoms with E-state index >= 15 is 0 Å². The van der Waals surface area contributed by atoms with Crippen LogP contribution in [0.2, 0.25) is 0 Å². The Morgan fingerprint density at radius 1 is 1.35 bits per heavy atom. The minimum Gasteiger partial charge on any atom is -0.339 e. The average Bonchev–Trinajstić information content (AvgIpc) is 2.84. The van der Waals surface area contributed by atoms with E-state index < -0.39 is 16.6 Å². The molecule has 0 aliphatic carbocycles. The largest absolute Gasteiger partial charge is 0.339 e. The molecule has 8 heteroatoms. The Kier molecular flexibility index (Phi) is 5.21. The normalized spacial score (nSPS) is 25.6. The van der Waals surface area contributed by atoms with E-state index in [4.69, 9.17) is 0 Å². The van der Waals surface area contributed by atoms with Gasteiger partial charge < -0.3 is 10.2 Å². The van der Waals surface area contributed by atoms with Crippen molar-refractivity contribution in [2.45, 2.75) is 43.8 Å². The lowest BCUT2D eigenvalue weighted by Crippen LogP contribution is -2.48. The van der Waals surface area contributed by atoms with E-state index in [2.05, 4.69) is 5.32 Å². The predicted octanol–water partition coefficient (Wildman–Crippen LogP) is 2.51. The van der Waals surface area contributed by atoms with Gasteiger partial charge in [0.05, 0.1) is 16.6 Å². The van der Waals surface area contributed by atoms with E-state index in [1.54, 1.807) is 11.9 Å². The van der Waals surface area contributed by atoms with Crippen LogP contribution >= 0.6 is 12.4 Å². The first-order valence-electron chi connectivity index (χ1n) is 7.43. The Morgan fingerprint density at radius 2 is 1.96 bits per heavy atom. The fourth-order valence-electron chi connectivity index (χ4n) is 3.49. The van der Waals surface area contributed by atoms with Gasteiger partial charge in [0.2, 0.25) is 0 Å². The maximum absolute atomic E-state index is 14.0. The molecule has 0 radical (unpaired) electrons. The van der Waals surface area contributed by atoms with Crippen LogP contribution in [0.5, 0.6) is 0 Å². The zero-order valence-corrected chi connectivity index (χ0v) is 13.5. The van der Waals surface area contributed by atoms with Crippen molar-refractivity contribution in [3.63, 3.8) is 0 Å². The molecule has 23 heavy (non-hydrogen) atoms. The van der Waals surface area contributed by atoms with Gasteiger partial charge in [0, 0.05) is 31.2 Å². The first-order valence-corrected chi connectivity index (χ1v) is 7.43. The number of piperidine rings is 1. The van der Waals surface area contributed by atoms with Crippen molar-refractivity contribution in [3.8, 4) is 0 Å². The summed E-state index contributed by atoms with van der Waals surface area (Å²) in [6.45, 7) is 0. The van der Waals surface area contributed by atoms with Crippen molar-refractivity contribution in [3.05, 3.63) is 39.7 Å². The van der Waals surface area contributed by atoms with Crippen LogP contribution in [0.4, 0.5) is 10.1 Å². The Morgan fingerprint density at radius 3 is 2.48 bits per heavy atom. The number of carbonyl (C=O) groups is 1. The summed E-state index contributed by atoms with van der Waals surface area (Å²) < 4.78 is 14.0. The molecule has 6 nitrogen and oxygen atoms in total. The van der Waals surface area contributed by atoms with E-state index in [9.17, 15) is 19.3 Å². The number of halogens is 2. The molecule has 2 unspecified atom stereocenters. The van der Waals surface area contributed by atoms with E-state index in [0.717, 1.165) is 37.8 Å². The summed E-state index contributed by atoms with van der Waals surface area (Å²) in [5.74, 6) is -1.26. The molecule has 2 bridgehead atoms. The average molecular weight is 344 g/mol. The molecular weight excluding hydrogens is 325 g/mol. The molecule has 1 aromatic rings. The van der Waals surface area contributed by atoms with Crippen LogP contribution in [0.1, 0.15) is 36.0 Å². The summed E-state index contributed by atoms with van der Waals surface area (Å²) in [4.78, 5) is 24.0. The Bertz CT molecular complexity index is 616. The van der Waals surface area contributed by atoms with Crippen LogP contribution in [0.15, 0.2) is 18.2 Å². The van der Waals surface area contributed by atoms with Gasteiger partial charge in [-0.05, 0) is 31.7 Å². The highest BCUT2D eigenvalue weighted by molar-refractivity contribution is 5.94. The van der Waals surface area contributed by atoms with Crippen molar-refractivity contribution in [1.82, 2.24) is 10.2 Å². The third-order valence-electron chi connectivity index (χ3n) is 4.71. The summed E-state index contributed by atoms with van der Waals surface area (Å²) >= 11 is 0. The molecule has 1 aromatic carbocycles. The highest BCUT2D eigenvalue weighted by Gasteiger charge is 2.37. The van der Waals surface area contributed by atoms with Gasteiger partial charge in [0.1, 0.15) is 5.82 Å². The molecule has 3 rings (SSSR count). The van der Waals surface area contributed by atoms with Gasteiger partial charge in [-0.25, -0.2) is 4.39 Å². The van der Waals surface area contributed by atoms with E-state index in [1.165, 1.54) is 6.07 Å². The molecule has 0 aromatic heterocycles. The number of nitrogens with one attached hydrogen (secondary N) is 1. The molecule has 1 amide bonds. The zero-order valence-electron chi connectivity index (χ0n) is 12.7. The molecule has 2 atom stereocenters. The molecule has 2 heterocycles. The third kappa shape index (κ3) is 3.45. The molecule has 2 aliphatic heterocycles. The van der Waals surface area contributed by atoms with Crippen molar-refractivity contribution in [1.29, 1.82) is 0 Å². The predicted molar refractivity (Wildman–Crippen MR) is 85.4 cm³/mol. The maximum atomic E-state index is 14.0. The molecule has 126 valence electrons. The Hall–Kier alpha value is -1.73. The number of non-ortho nitro benzene ring substituents is 1. The lowest BCUT2D eigenvalue weighted by Gasteiger charge is -2.35. The smallest absolute Gasteiger partial charge is 0.272 e. The van der Waals surface area contributed by atoms with Crippen molar-refractivity contribution >= 4 is 24.0 Å². The van der Waals surface area contributed by atoms with Gasteiger partial charge in [-0.15, -0.1) is 12.4 Å². The zero-order chi connectivity index (χ0) is 15.9. The van der Waals surface area contributed by atoms with Crippen LogP contribution in [0.3, 0.4) is 0 Å². The van der Waals surface area contributed by atoms with Crippen molar-refractivity contribution < 1.29 is 14.1 Å². The standard InChI is InChI=1S/C15H18FN3O3.ClH/c1-18(12-6-9-2-3-10(7-12)17-9)15(20)13-5-4-11(19(21)22)8-14(13)16;/h4-5,8-10,12,17H,2-3,6-7H2,1H3;1H. The van der Waals surface area contributed by atoms with E-state index in [-0.39, 0.29) is 29.7 Å². The van der Waals surface area contributed by atoms with Gasteiger partial charge in [-0.3, -0.25) is 14.9 Å². The second-order valence-electron chi connectivity index (χ2n) is 6.10. The van der Waals surface area contributed by atoms with Crippen molar-refractivity contribution in [2.75, 3.05) is 7.05 Å². The topological polar surface area (TPSA) is 75.5 Å². The summed E-state index contributed by atoms with van der Waals surface area (Å²) in [6, 6.07) is 4.10. The van der Waals surface area contributed by atoms with Crippen LogP contribution in [0.25, 0.3) is 0 Å². The highest BCUT2D eigenvalue weighted by Crippen LogP contribution is 2.30. The maximum Gasteiger partial charge on any atom is 0.272 e. The Balaban J connectivity index is 0.00000192. The number of hydrogen-bond donors (Lipinski definition) is 1. The second-order valence-corrected chi connectivity index (χ2v) is 6.10. The molecule has 1 N–H and O–H groups in total. The number of hydrogen-bond acceptors (Lipinski definition) is 4. The first-order chi connectivity index (χ1) is 10.5. The van der Waals surface area contributed by atoms with Crippen molar-refractivity contribution in [2.24, 2.45) is 0 Å². The summed E-state index contributed by atoms with van der Waals surface area (Å²) in [5, 5.41) is 14.1. The lowest BCUT2D eigenvalue weighted by atomic mass is 9.98. The van der Waals surface area contributed by atoms with Gasteiger partial charge in [-0.1, -0.05) is 0 Å². The number of carbonyl (C=O) groups excluding carboxylic acids is 1. The number of fused-ring (bicyclic) bond motifs is 2. The fraction of sp³-hybridized carbons (Fsp3) is 0.533. The molecule has 0 spiro atoms. The molecular formula is C15H19ClFN3O3. The monoisotopic (exact) mass is 343 g/mol. The van der Waals surface area contributed by atoms with Crippen LogP contribution in [-0.2, 0) is 0 Å². The van der Waals surface area contributed by atoms with Crippen LogP contribution in [-0.4, -0.2) is 40.9 Å².